The summed E-state index contributed by atoms with van der Waals surface area (Å²) in [6, 6.07) is 0. The monoisotopic (exact) mass is 283 g/mol. The van der Waals surface area contributed by atoms with Crippen molar-refractivity contribution in [2.45, 2.75) is 52.4 Å². The van der Waals surface area contributed by atoms with Gasteiger partial charge in [0, 0.05) is 25.3 Å². The van der Waals surface area contributed by atoms with Gasteiger partial charge in [-0.05, 0) is 19.8 Å². The summed E-state index contributed by atoms with van der Waals surface area (Å²) in [4.78, 5) is 36.5. The molecule has 114 valence electrons. The Morgan fingerprint density at radius 3 is 2.65 bits per heavy atom. The molecule has 1 unspecified atom stereocenters. The molecule has 5 nitrogen and oxygen atoms in total. The highest BCUT2D eigenvalue weighted by Gasteiger charge is 2.34. The summed E-state index contributed by atoms with van der Waals surface area (Å²) in [6.45, 7) is 4.66. The smallest absolute Gasteiger partial charge is 0.410 e. The number of hydrogen-bond donors (Lipinski definition) is 0. The van der Waals surface area contributed by atoms with Crippen molar-refractivity contribution >= 4 is 17.7 Å². The molecule has 1 atom stereocenters. The summed E-state index contributed by atoms with van der Waals surface area (Å²) in [6.07, 6.45) is 4.28. The fraction of sp³-hybridized carbons (Fsp3) is 0.800. The topological polar surface area (TPSA) is 63.7 Å². The minimum Gasteiger partial charge on any atom is -0.450 e. The van der Waals surface area contributed by atoms with Crippen LogP contribution in [-0.2, 0) is 14.3 Å². The van der Waals surface area contributed by atoms with E-state index in [9.17, 15) is 14.4 Å². The first-order chi connectivity index (χ1) is 9.58. The second-order valence-corrected chi connectivity index (χ2v) is 5.28. The van der Waals surface area contributed by atoms with Gasteiger partial charge in [-0.15, -0.1) is 0 Å². The Morgan fingerprint density at radius 1 is 1.25 bits per heavy atom. The molecule has 1 aliphatic heterocycles. The normalized spacial score (nSPS) is 18.4. The van der Waals surface area contributed by atoms with E-state index in [4.69, 9.17) is 4.74 Å². The van der Waals surface area contributed by atoms with Gasteiger partial charge in [0.05, 0.1) is 13.2 Å². The Labute approximate surface area is 120 Å². The van der Waals surface area contributed by atoms with Crippen LogP contribution in [0.15, 0.2) is 0 Å². The van der Waals surface area contributed by atoms with E-state index in [1.807, 2.05) is 0 Å². The largest absolute Gasteiger partial charge is 0.450 e. The molecular formula is C15H25NO4. The van der Waals surface area contributed by atoms with Gasteiger partial charge in [-0.25, -0.2) is 4.79 Å². The third-order valence-corrected chi connectivity index (χ3v) is 3.60. The standard InChI is InChI=1S/C15H25NO4/c1-3-5-6-7-13(17)9-8-12-10-16(11-14(12)18)15(19)20-4-2/h12H,3-11H2,1-2H3. The first-order valence-corrected chi connectivity index (χ1v) is 7.54. The minimum atomic E-state index is -0.433. The molecule has 0 radical (unpaired) electrons. The van der Waals surface area contributed by atoms with E-state index >= 15 is 0 Å². The minimum absolute atomic E-state index is 0.0411. The maximum Gasteiger partial charge on any atom is 0.410 e. The number of ketones is 2. The van der Waals surface area contributed by atoms with E-state index in [1.54, 1.807) is 6.92 Å². The highest BCUT2D eigenvalue weighted by Crippen LogP contribution is 2.19. The van der Waals surface area contributed by atoms with Gasteiger partial charge in [-0.3, -0.25) is 9.59 Å². The predicted octanol–water partition coefficient (Wildman–Crippen LogP) is 2.57. The molecule has 0 aromatic heterocycles. The molecule has 0 bridgehead atoms. The van der Waals surface area contributed by atoms with Gasteiger partial charge in [0.1, 0.15) is 5.78 Å². The van der Waals surface area contributed by atoms with E-state index in [2.05, 4.69) is 6.92 Å². The number of likely N-dealkylation sites (tertiary alicyclic amines) is 1. The number of rotatable bonds is 8. The molecule has 0 aromatic rings. The zero-order chi connectivity index (χ0) is 15.0. The van der Waals surface area contributed by atoms with Gasteiger partial charge in [-0.1, -0.05) is 19.8 Å². The molecule has 0 spiro atoms. The molecular weight excluding hydrogens is 258 g/mol. The highest BCUT2D eigenvalue weighted by molar-refractivity contribution is 5.90. The van der Waals surface area contributed by atoms with Gasteiger partial charge in [0.25, 0.3) is 0 Å². The fourth-order valence-electron chi connectivity index (χ4n) is 2.39. The molecule has 1 saturated heterocycles. The van der Waals surface area contributed by atoms with E-state index in [0.717, 1.165) is 19.3 Å². The predicted molar refractivity (Wildman–Crippen MR) is 75.5 cm³/mol. The lowest BCUT2D eigenvalue weighted by Crippen LogP contribution is -2.29. The molecule has 20 heavy (non-hydrogen) atoms. The molecule has 1 heterocycles. The Kier molecular flexibility index (Phi) is 7.26. The maximum absolute atomic E-state index is 11.8. The van der Waals surface area contributed by atoms with Crippen molar-refractivity contribution in [3.8, 4) is 0 Å². The van der Waals surface area contributed by atoms with Gasteiger partial charge >= 0.3 is 6.09 Å². The fourth-order valence-corrected chi connectivity index (χ4v) is 2.39. The SMILES string of the molecule is CCCCCC(=O)CCC1CN(C(=O)OCC)CC1=O. The van der Waals surface area contributed by atoms with Crippen LogP contribution < -0.4 is 0 Å². The van der Waals surface area contributed by atoms with E-state index in [-0.39, 0.29) is 24.0 Å². The van der Waals surface area contributed by atoms with Gasteiger partial charge < -0.3 is 9.64 Å². The lowest BCUT2D eigenvalue weighted by atomic mass is 9.98. The summed E-state index contributed by atoms with van der Waals surface area (Å²) in [5, 5.41) is 0. The van der Waals surface area contributed by atoms with Crippen molar-refractivity contribution in [2.24, 2.45) is 5.92 Å². The Hall–Kier alpha value is -1.39. The molecule has 1 amide bonds. The number of nitrogens with zero attached hydrogens (tertiary/aromatic N) is 1. The van der Waals surface area contributed by atoms with E-state index in [1.165, 1.54) is 4.90 Å². The van der Waals surface area contributed by atoms with Crippen molar-refractivity contribution in [2.75, 3.05) is 19.7 Å². The molecule has 1 rings (SSSR count). The van der Waals surface area contributed by atoms with Crippen LogP contribution in [0, 0.1) is 5.92 Å². The average Bonchev–Trinajstić information content (AvgIpc) is 2.78. The summed E-state index contributed by atoms with van der Waals surface area (Å²) in [7, 11) is 0. The Balaban J connectivity index is 2.29. The summed E-state index contributed by atoms with van der Waals surface area (Å²) in [5.74, 6) is 0.0646. The number of hydrogen-bond acceptors (Lipinski definition) is 4. The van der Waals surface area contributed by atoms with Crippen molar-refractivity contribution in [1.29, 1.82) is 0 Å². The van der Waals surface area contributed by atoms with Crippen molar-refractivity contribution in [3.63, 3.8) is 0 Å². The van der Waals surface area contributed by atoms with Crippen LogP contribution in [0.2, 0.25) is 0 Å². The zero-order valence-electron chi connectivity index (χ0n) is 12.5. The van der Waals surface area contributed by atoms with Gasteiger partial charge in [-0.2, -0.15) is 0 Å². The summed E-state index contributed by atoms with van der Waals surface area (Å²) in [5.41, 5.74) is 0. The first kappa shape index (κ1) is 16.7. The molecule has 0 aromatic carbocycles. The molecule has 0 saturated carbocycles. The van der Waals surface area contributed by atoms with Crippen LogP contribution >= 0.6 is 0 Å². The molecule has 1 aliphatic rings. The van der Waals surface area contributed by atoms with Crippen LogP contribution in [0.4, 0.5) is 4.79 Å². The number of carbonyl (C=O) groups is 3. The number of ether oxygens (including phenoxy) is 1. The van der Waals surface area contributed by atoms with E-state index < -0.39 is 6.09 Å². The highest BCUT2D eigenvalue weighted by atomic mass is 16.6. The molecule has 0 N–H and O–H groups in total. The molecule has 1 fully saturated rings. The number of carbonyl (C=O) groups excluding carboxylic acids is 3. The number of unbranched alkanes of at least 4 members (excludes halogenated alkanes) is 2. The average molecular weight is 283 g/mol. The van der Waals surface area contributed by atoms with Crippen LogP contribution in [0.3, 0.4) is 0 Å². The lowest BCUT2D eigenvalue weighted by Gasteiger charge is -2.14. The van der Waals surface area contributed by atoms with Crippen molar-refractivity contribution < 1.29 is 19.1 Å². The zero-order valence-corrected chi connectivity index (χ0v) is 12.5. The first-order valence-electron chi connectivity index (χ1n) is 7.54. The maximum atomic E-state index is 11.8. The van der Waals surface area contributed by atoms with Crippen molar-refractivity contribution in [1.82, 2.24) is 4.90 Å². The third kappa shape index (κ3) is 5.31. The van der Waals surface area contributed by atoms with Crippen LogP contribution in [-0.4, -0.2) is 42.3 Å². The van der Waals surface area contributed by atoms with Gasteiger partial charge in [0.15, 0.2) is 5.78 Å². The van der Waals surface area contributed by atoms with Crippen LogP contribution in [0.1, 0.15) is 52.4 Å². The van der Waals surface area contributed by atoms with Crippen LogP contribution in [0.5, 0.6) is 0 Å². The van der Waals surface area contributed by atoms with Crippen molar-refractivity contribution in [3.05, 3.63) is 0 Å². The Bertz CT molecular complexity index is 354. The van der Waals surface area contributed by atoms with Gasteiger partial charge in [0.2, 0.25) is 0 Å². The second-order valence-electron chi connectivity index (χ2n) is 5.28. The quantitative estimate of drug-likeness (QED) is 0.642. The second kappa shape index (κ2) is 8.72. The Morgan fingerprint density at radius 2 is 2.00 bits per heavy atom. The van der Waals surface area contributed by atoms with E-state index in [0.29, 0.717) is 32.4 Å². The number of Topliss-reactive ketones (excluding diaryl/α,β-unsaturated/α-hetero) is 2. The summed E-state index contributed by atoms with van der Waals surface area (Å²) >= 11 is 0. The van der Waals surface area contributed by atoms with Crippen LogP contribution in [0.25, 0.3) is 0 Å². The molecule has 5 heteroatoms. The summed E-state index contributed by atoms with van der Waals surface area (Å²) < 4.78 is 4.88. The molecule has 0 aliphatic carbocycles. The lowest BCUT2D eigenvalue weighted by molar-refractivity contribution is -0.121. The number of amides is 1. The third-order valence-electron chi connectivity index (χ3n) is 3.60.